The van der Waals surface area contributed by atoms with Gasteiger partial charge in [-0.2, -0.15) is 0 Å². The molecule has 8 heteroatoms. The summed E-state index contributed by atoms with van der Waals surface area (Å²) >= 11 is 0. The number of nitro groups is 1. The number of nitro benzene ring substituents is 1. The van der Waals surface area contributed by atoms with Gasteiger partial charge in [-0.15, -0.1) is 13.2 Å². The number of benzene rings is 1. The molecular formula is C9H6F3NO4. The van der Waals surface area contributed by atoms with Crippen LogP contribution in [0, 0.1) is 10.1 Å². The quantitative estimate of drug-likeness (QED) is 0.467. The first kappa shape index (κ1) is 12.9. The van der Waals surface area contributed by atoms with Crippen molar-refractivity contribution >= 4 is 11.7 Å². The molecule has 0 amide bonds. The highest BCUT2D eigenvalue weighted by Gasteiger charge is 2.33. The van der Waals surface area contributed by atoms with Crippen molar-refractivity contribution in [1.29, 1.82) is 0 Å². The van der Waals surface area contributed by atoms with Crippen LogP contribution in [-0.4, -0.2) is 17.3 Å². The Labute approximate surface area is 93.0 Å². The number of alkyl halides is 3. The Morgan fingerprint density at radius 3 is 2.24 bits per heavy atom. The minimum absolute atomic E-state index is 0.199. The normalized spacial score (nSPS) is 11.0. The molecule has 0 radical (unpaired) electrons. The van der Waals surface area contributed by atoms with Crippen LogP contribution in [0.2, 0.25) is 0 Å². The maximum Gasteiger partial charge on any atom is 0.575 e. The number of ether oxygens (including phenoxy) is 1. The minimum atomic E-state index is -5.02. The molecular weight excluding hydrogens is 243 g/mol. The molecule has 0 heterocycles. The molecule has 0 aliphatic rings. The second kappa shape index (κ2) is 4.81. The van der Waals surface area contributed by atoms with Gasteiger partial charge in [0, 0.05) is 12.1 Å². The average Bonchev–Trinajstić information content (AvgIpc) is 2.15. The fraction of sp³-hybridized carbons (Fsp3) is 0.222. The highest BCUT2D eigenvalue weighted by atomic mass is 19.4. The van der Waals surface area contributed by atoms with Crippen molar-refractivity contribution in [2.24, 2.45) is 0 Å². The summed E-state index contributed by atoms with van der Waals surface area (Å²) in [5, 5.41) is 10.3. The molecule has 0 aliphatic heterocycles. The first-order chi connectivity index (χ1) is 7.78. The molecule has 0 saturated heterocycles. The third-order valence-corrected chi connectivity index (χ3v) is 1.73. The van der Waals surface area contributed by atoms with E-state index in [0.29, 0.717) is 0 Å². The number of non-ortho nitro benzene ring substituents is 1. The third kappa shape index (κ3) is 4.49. The molecule has 0 fully saturated rings. The fourth-order valence-electron chi connectivity index (χ4n) is 1.07. The van der Waals surface area contributed by atoms with E-state index in [4.69, 9.17) is 0 Å². The number of hydrogen-bond donors (Lipinski definition) is 0. The summed E-state index contributed by atoms with van der Waals surface area (Å²) in [5.41, 5.74) is -0.0113. The molecule has 0 aliphatic carbocycles. The van der Waals surface area contributed by atoms with Crippen LogP contribution >= 0.6 is 0 Å². The van der Waals surface area contributed by atoms with Crippen molar-refractivity contribution in [3.05, 3.63) is 39.9 Å². The fourth-order valence-corrected chi connectivity index (χ4v) is 1.07. The van der Waals surface area contributed by atoms with Gasteiger partial charge in [0.05, 0.1) is 11.3 Å². The number of carbonyl (C=O) groups excluding carboxylic acids is 1. The molecule has 1 rings (SSSR count). The Morgan fingerprint density at radius 1 is 1.29 bits per heavy atom. The topological polar surface area (TPSA) is 69.4 Å². The first-order valence-electron chi connectivity index (χ1n) is 4.30. The summed E-state index contributed by atoms with van der Waals surface area (Å²) in [7, 11) is 0. The molecule has 0 unspecified atom stereocenters. The highest BCUT2D eigenvalue weighted by molar-refractivity contribution is 5.72. The molecule has 5 nitrogen and oxygen atoms in total. The summed E-state index contributed by atoms with van der Waals surface area (Å²) in [6.07, 6.45) is -5.62. The third-order valence-electron chi connectivity index (χ3n) is 1.73. The number of esters is 1. The maximum atomic E-state index is 11.6. The molecule has 1 aromatic rings. The Morgan fingerprint density at radius 2 is 1.82 bits per heavy atom. The molecule has 0 N–H and O–H groups in total. The Balaban J connectivity index is 2.64. The molecule has 1 aromatic carbocycles. The van der Waals surface area contributed by atoms with Crippen LogP contribution in [0.1, 0.15) is 5.56 Å². The predicted molar refractivity (Wildman–Crippen MR) is 48.9 cm³/mol. The molecule has 17 heavy (non-hydrogen) atoms. The van der Waals surface area contributed by atoms with Crippen molar-refractivity contribution < 1.29 is 27.6 Å². The van der Waals surface area contributed by atoms with E-state index in [0.717, 1.165) is 12.1 Å². The van der Waals surface area contributed by atoms with Gasteiger partial charge in [0.25, 0.3) is 5.69 Å². The van der Waals surface area contributed by atoms with Gasteiger partial charge < -0.3 is 4.74 Å². The molecule has 0 bridgehead atoms. The monoisotopic (exact) mass is 249 g/mol. The zero-order valence-electron chi connectivity index (χ0n) is 8.23. The minimum Gasteiger partial charge on any atom is -0.373 e. The van der Waals surface area contributed by atoms with Crippen LogP contribution in [0.25, 0.3) is 0 Å². The lowest BCUT2D eigenvalue weighted by Crippen LogP contribution is -2.20. The summed E-state index contributed by atoms with van der Waals surface area (Å²) in [6.45, 7) is 0. The molecule has 0 aromatic heterocycles. The molecule has 0 saturated carbocycles. The van der Waals surface area contributed by atoms with Crippen molar-refractivity contribution in [3.63, 3.8) is 0 Å². The maximum absolute atomic E-state index is 11.6. The number of hydrogen-bond acceptors (Lipinski definition) is 4. The van der Waals surface area contributed by atoms with E-state index in [1.165, 1.54) is 12.1 Å². The average molecular weight is 249 g/mol. The van der Waals surface area contributed by atoms with Gasteiger partial charge in [-0.1, -0.05) is 12.1 Å². The Hall–Kier alpha value is -2.12. The number of halogens is 3. The Kier molecular flexibility index (Phi) is 3.66. The molecule has 0 spiro atoms. The standard InChI is InChI=1S/C9H6F3NO4/c10-9(11,12)17-8(14)5-6-1-3-7(4-2-6)13(15)16/h1-4H,5H2. The van der Waals surface area contributed by atoms with Crippen molar-refractivity contribution in [2.75, 3.05) is 0 Å². The van der Waals surface area contributed by atoms with E-state index in [9.17, 15) is 28.1 Å². The van der Waals surface area contributed by atoms with Crippen molar-refractivity contribution in [3.8, 4) is 0 Å². The summed E-state index contributed by atoms with van der Waals surface area (Å²) in [4.78, 5) is 20.4. The van der Waals surface area contributed by atoms with E-state index in [-0.39, 0.29) is 11.3 Å². The summed E-state index contributed by atoms with van der Waals surface area (Å²) in [5.74, 6) is -1.47. The second-order valence-electron chi connectivity index (χ2n) is 3.02. The lowest BCUT2D eigenvalue weighted by Gasteiger charge is -2.06. The zero-order valence-corrected chi connectivity index (χ0v) is 8.23. The van der Waals surface area contributed by atoms with E-state index in [2.05, 4.69) is 4.74 Å². The van der Waals surface area contributed by atoms with Crippen molar-refractivity contribution in [1.82, 2.24) is 0 Å². The Bertz CT molecular complexity index is 427. The second-order valence-corrected chi connectivity index (χ2v) is 3.02. The largest absolute Gasteiger partial charge is 0.575 e. The van der Waals surface area contributed by atoms with E-state index in [1.54, 1.807) is 0 Å². The lowest BCUT2D eigenvalue weighted by atomic mass is 10.1. The van der Waals surface area contributed by atoms with Gasteiger partial charge in [-0.25, -0.2) is 0 Å². The number of carbonyl (C=O) groups is 1. The van der Waals surface area contributed by atoms with E-state index < -0.39 is 23.7 Å². The van der Waals surface area contributed by atoms with Gasteiger partial charge in [0.1, 0.15) is 0 Å². The van der Waals surface area contributed by atoms with Gasteiger partial charge in [-0.3, -0.25) is 14.9 Å². The molecule has 0 atom stereocenters. The first-order valence-corrected chi connectivity index (χ1v) is 4.30. The summed E-state index contributed by atoms with van der Waals surface area (Å²) in [6, 6.07) is 4.57. The lowest BCUT2D eigenvalue weighted by molar-refractivity contribution is -0.384. The SMILES string of the molecule is O=C(Cc1ccc([N+](=O)[O-])cc1)OC(F)(F)F. The van der Waals surface area contributed by atoms with E-state index in [1.807, 2.05) is 0 Å². The molecule has 92 valence electrons. The van der Waals surface area contributed by atoms with Gasteiger partial charge in [0.15, 0.2) is 0 Å². The van der Waals surface area contributed by atoms with Gasteiger partial charge >= 0.3 is 12.3 Å². The van der Waals surface area contributed by atoms with Crippen LogP contribution in [-0.2, 0) is 16.0 Å². The van der Waals surface area contributed by atoms with Crippen LogP contribution in [0.4, 0.5) is 18.9 Å². The van der Waals surface area contributed by atoms with Crippen LogP contribution in [0.15, 0.2) is 24.3 Å². The summed E-state index contributed by atoms with van der Waals surface area (Å²) < 4.78 is 38.1. The van der Waals surface area contributed by atoms with Crippen molar-refractivity contribution in [2.45, 2.75) is 12.8 Å². The van der Waals surface area contributed by atoms with Gasteiger partial charge in [0.2, 0.25) is 0 Å². The van der Waals surface area contributed by atoms with Crippen LogP contribution in [0.3, 0.4) is 0 Å². The van der Waals surface area contributed by atoms with Crippen LogP contribution in [0.5, 0.6) is 0 Å². The predicted octanol–water partition coefficient (Wildman–Crippen LogP) is 2.20. The number of nitrogens with zero attached hydrogens (tertiary/aromatic N) is 1. The zero-order chi connectivity index (χ0) is 13.1. The number of rotatable bonds is 3. The highest BCUT2D eigenvalue weighted by Crippen LogP contribution is 2.18. The van der Waals surface area contributed by atoms with E-state index >= 15 is 0 Å². The van der Waals surface area contributed by atoms with Gasteiger partial charge in [-0.05, 0) is 5.56 Å². The van der Waals surface area contributed by atoms with Crippen LogP contribution < -0.4 is 0 Å². The smallest absolute Gasteiger partial charge is 0.373 e.